The maximum atomic E-state index is 12.7. The van der Waals surface area contributed by atoms with Gasteiger partial charge >= 0.3 is 0 Å². The van der Waals surface area contributed by atoms with Gasteiger partial charge in [-0.3, -0.25) is 9.59 Å². The fourth-order valence-corrected chi connectivity index (χ4v) is 3.45. The summed E-state index contributed by atoms with van der Waals surface area (Å²) >= 11 is 0. The average molecular weight is 334 g/mol. The molecule has 0 spiro atoms. The van der Waals surface area contributed by atoms with Crippen LogP contribution in [0, 0.1) is 0 Å². The van der Waals surface area contributed by atoms with E-state index in [0.717, 1.165) is 63.9 Å². The molecule has 0 atom stereocenters. The van der Waals surface area contributed by atoms with Crippen LogP contribution in [0.3, 0.4) is 0 Å². The lowest BCUT2D eigenvalue weighted by molar-refractivity contribution is 0.0774. The van der Waals surface area contributed by atoms with Crippen molar-refractivity contribution in [2.45, 2.75) is 45.1 Å². The van der Waals surface area contributed by atoms with Crippen molar-refractivity contribution in [1.29, 1.82) is 0 Å². The largest absolute Gasteiger partial charge is 0.385 e. The number of hydrogen-bond donors (Lipinski definition) is 1. The lowest BCUT2D eigenvalue weighted by atomic mass is 10.1. The summed E-state index contributed by atoms with van der Waals surface area (Å²) < 4.78 is 6.96. The molecule has 1 saturated heterocycles. The van der Waals surface area contributed by atoms with Gasteiger partial charge in [0.05, 0.1) is 5.69 Å². The highest BCUT2D eigenvalue weighted by Crippen LogP contribution is 2.23. The monoisotopic (exact) mass is 334 g/mol. The van der Waals surface area contributed by atoms with E-state index >= 15 is 0 Å². The third-order valence-electron chi connectivity index (χ3n) is 4.73. The van der Waals surface area contributed by atoms with Crippen LogP contribution < -0.4 is 5.32 Å². The first-order valence-corrected chi connectivity index (χ1v) is 8.88. The Morgan fingerprint density at radius 3 is 2.67 bits per heavy atom. The van der Waals surface area contributed by atoms with Crippen LogP contribution in [0.2, 0.25) is 0 Å². The Morgan fingerprint density at radius 1 is 1.17 bits per heavy atom. The van der Waals surface area contributed by atoms with E-state index in [2.05, 4.69) is 10.3 Å². The minimum absolute atomic E-state index is 0.0333. The number of ether oxygens (including phenoxy) is 1. The topological polar surface area (TPSA) is 76.5 Å². The molecule has 0 unspecified atom stereocenters. The Labute approximate surface area is 142 Å². The van der Waals surface area contributed by atoms with Crippen molar-refractivity contribution >= 4 is 11.8 Å². The van der Waals surface area contributed by atoms with Crippen LogP contribution >= 0.6 is 0 Å². The van der Waals surface area contributed by atoms with Gasteiger partial charge in [0.2, 0.25) is 0 Å². The van der Waals surface area contributed by atoms with Gasteiger partial charge in [0.15, 0.2) is 5.82 Å². The second-order valence-corrected chi connectivity index (χ2v) is 6.44. The van der Waals surface area contributed by atoms with Crippen molar-refractivity contribution in [1.82, 2.24) is 19.8 Å². The zero-order chi connectivity index (χ0) is 16.9. The van der Waals surface area contributed by atoms with Gasteiger partial charge in [-0.2, -0.15) is 0 Å². The number of carbonyl (C=O) groups is 2. The molecule has 0 bridgehead atoms. The highest BCUT2D eigenvalue weighted by molar-refractivity contribution is 5.97. The van der Waals surface area contributed by atoms with Crippen molar-refractivity contribution in [3.05, 3.63) is 17.2 Å². The van der Waals surface area contributed by atoms with Gasteiger partial charge < -0.3 is 19.5 Å². The van der Waals surface area contributed by atoms with Crippen molar-refractivity contribution in [3.8, 4) is 0 Å². The fraction of sp³-hybridized carbons (Fsp3) is 0.706. The lowest BCUT2D eigenvalue weighted by Crippen LogP contribution is -2.31. The molecule has 3 heterocycles. The molecule has 1 aromatic heterocycles. The molecule has 7 heteroatoms. The number of carbonyl (C=O) groups excluding carboxylic acids is 2. The number of nitrogens with zero attached hydrogens (tertiary/aromatic N) is 3. The molecule has 0 saturated carbocycles. The number of imidazole rings is 1. The van der Waals surface area contributed by atoms with E-state index in [1.54, 1.807) is 7.11 Å². The Morgan fingerprint density at radius 2 is 1.92 bits per heavy atom. The zero-order valence-electron chi connectivity index (χ0n) is 14.3. The second kappa shape index (κ2) is 7.79. The van der Waals surface area contributed by atoms with Gasteiger partial charge in [0.25, 0.3) is 11.8 Å². The smallest absolute Gasteiger partial charge is 0.289 e. The van der Waals surface area contributed by atoms with Crippen LogP contribution in [0.25, 0.3) is 0 Å². The highest BCUT2D eigenvalue weighted by atomic mass is 16.5. The average Bonchev–Trinajstić information content (AvgIpc) is 3.26. The molecule has 1 N–H and O–H groups in total. The third kappa shape index (κ3) is 3.45. The minimum Gasteiger partial charge on any atom is -0.385 e. The van der Waals surface area contributed by atoms with Gasteiger partial charge in [-0.05, 0) is 38.5 Å². The molecule has 7 nitrogen and oxygen atoms in total. The van der Waals surface area contributed by atoms with Gasteiger partial charge in [-0.25, -0.2) is 4.98 Å². The number of methoxy groups -OCH3 is 1. The first-order valence-electron chi connectivity index (χ1n) is 8.88. The van der Waals surface area contributed by atoms with E-state index in [4.69, 9.17) is 4.74 Å². The van der Waals surface area contributed by atoms with Gasteiger partial charge in [0, 0.05) is 39.9 Å². The summed E-state index contributed by atoms with van der Waals surface area (Å²) in [6.45, 7) is 3.52. The van der Waals surface area contributed by atoms with Crippen LogP contribution in [0.5, 0.6) is 0 Å². The quantitative estimate of drug-likeness (QED) is 0.794. The molecule has 0 aromatic carbocycles. The summed E-state index contributed by atoms with van der Waals surface area (Å²) in [5, 5.41) is 2.89. The van der Waals surface area contributed by atoms with Crippen molar-refractivity contribution in [2.75, 3.05) is 33.4 Å². The van der Waals surface area contributed by atoms with E-state index < -0.39 is 0 Å². The van der Waals surface area contributed by atoms with E-state index in [-0.39, 0.29) is 11.8 Å². The van der Waals surface area contributed by atoms with Crippen LogP contribution in [-0.2, 0) is 17.7 Å². The van der Waals surface area contributed by atoms with Crippen molar-refractivity contribution < 1.29 is 14.3 Å². The number of rotatable bonds is 6. The molecule has 0 radical (unpaired) electrons. The molecule has 1 fully saturated rings. The van der Waals surface area contributed by atoms with Crippen LogP contribution in [-0.4, -0.2) is 59.6 Å². The molecular formula is C17H26N4O3. The molecular weight excluding hydrogens is 308 g/mol. The summed E-state index contributed by atoms with van der Waals surface area (Å²) in [5.41, 5.74) is 1.34. The van der Waals surface area contributed by atoms with Crippen molar-refractivity contribution in [2.24, 2.45) is 0 Å². The minimum atomic E-state index is -0.183. The van der Waals surface area contributed by atoms with Crippen LogP contribution in [0.15, 0.2) is 0 Å². The van der Waals surface area contributed by atoms with Crippen LogP contribution in [0.4, 0.5) is 0 Å². The maximum absolute atomic E-state index is 12.7. The Hall–Kier alpha value is -1.89. The van der Waals surface area contributed by atoms with E-state index in [0.29, 0.717) is 24.7 Å². The number of hydrogen-bond acceptors (Lipinski definition) is 4. The fourth-order valence-electron chi connectivity index (χ4n) is 3.45. The number of nitrogens with one attached hydrogen (secondary N) is 1. The molecule has 2 aliphatic heterocycles. The zero-order valence-corrected chi connectivity index (χ0v) is 14.3. The van der Waals surface area contributed by atoms with Gasteiger partial charge in [0.1, 0.15) is 5.69 Å². The number of amides is 2. The normalized spacial score (nSPS) is 17.0. The molecule has 24 heavy (non-hydrogen) atoms. The first kappa shape index (κ1) is 17.0. The number of fused-ring (bicyclic) bond motifs is 1. The first-order chi connectivity index (χ1) is 11.7. The predicted molar refractivity (Wildman–Crippen MR) is 89.1 cm³/mol. The summed E-state index contributed by atoms with van der Waals surface area (Å²) in [4.78, 5) is 31.5. The summed E-state index contributed by atoms with van der Waals surface area (Å²) in [5.74, 6) is 0.222. The molecule has 132 valence electrons. The van der Waals surface area contributed by atoms with Gasteiger partial charge in [-0.1, -0.05) is 0 Å². The summed E-state index contributed by atoms with van der Waals surface area (Å²) in [6.07, 6.45) is 5.72. The molecule has 2 aliphatic rings. The highest BCUT2D eigenvalue weighted by Gasteiger charge is 2.30. The molecule has 3 rings (SSSR count). The molecule has 0 aliphatic carbocycles. The predicted octanol–water partition coefficient (Wildman–Crippen LogP) is 1.22. The van der Waals surface area contributed by atoms with E-state index in [1.165, 1.54) is 0 Å². The SMILES string of the molecule is COCCCNC(=O)c1nc(C(=O)N2CCCC2)n2c1CCCC2. The Bertz CT molecular complexity index is 605. The Balaban J connectivity index is 1.79. The van der Waals surface area contributed by atoms with Gasteiger partial charge in [-0.15, -0.1) is 0 Å². The number of aromatic nitrogens is 2. The second-order valence-electron chi connectivity index (χ2n) is 6.44. The van der Waals surface area contributed by atoms with Crippen LogP contribution in [0.1, 0.15) is 58.9 Å². The molecule has 2 amide bonds. The standard InChI is InChI=1S/C17H26N4O3/c1-24-12-6-8-18-16(22)14-13-7-2-3-11-21(13)15(19-14)17(23)20-9-4-5-10-20/h2-12H2,1H3,(H,18,22). The Kier molecular flexibility index (Phi) is 5.50. The number of likely N-dealkylation sites (tertiary alicyclic amines) is 1. The third-order valence-corrected chi connectivity index (χ3v) is 4.73. The summed E-state index contributed by atoms with van der Waals surface area (Å²) in [7, 11) is 1.64. The van der Waals surface area contributed by atoms with Crippen molar-refractivity contribution in [3.63, 3.8) is 0 Å². The maximum Gasteiger partial charge on any atom is 0.289 e. The summed E-state index contributed by atoms with van der Waals surface area (Å²) in [6, 6.07) is 0. The van der Waals surface area contributed by atoms with E-state index in [1.807, 2.05) is 9.47 Å². The molecule has 1 aromatic rings. The van der Waals surface area contributed by atoms with E-state index in [9.17, 15) is 9.59 Å². The lowest BCUT2D eigenvalue weighted by Gasteiger charge is -2.19.